The molecule has 20 heavy (non-hydrogen) atoms. The summed E-state index contributed by atoms with van der Waals surface area (Å²) in [4.78, 5) is 27.2. The van der Waals surface area contributed by atoms with E-state index in [0.29, 0.717) is 19.4 Å². The first-order chi connectivity index (χ1) is 9.47. The Hall–Kier alpha value is -1.18. The smallest absolute Gasteiger partial charge is 0.332 e. The van der Waals surface area contributed by atoms with Gasteiger partial charge in [-0.1, -0.05) is 0 Å². The SMILES string of the molecule is CN1CCN(C)C(CNC(=O)C2CCC(C(=O)O)O2)C1. The first-order valence-electron chi connectivity index (χ1n) is 7.02. The van der Waals surface area contributed by atoms with Gasteiger partial charge in [-0.2, -0.15) is 0 Å². The van der Waals surface area contributed by atoms with Crippen LogP contribution in [0.4, 0.5) is 0 Å². The summed E-state index contributed by atoms with van der Waals surface area (Å²) in [6.45, 7) is 3.50. The Labute approximate surface area is 118 Å². The third-order valence-electron chi connectivity index (χ3n) is 4.08. The molecular formula is C13H23N3O4. The molecule has 3 atom stereocenters. The quantitative estimate of drug-likeness (QED) is 0.688. The maximum absolute atomic E-state index is 12.0. The molecule has 2 aliphatic rings. The molecule has 0 aromatic rings. The second-order valence-corrected chi connectivity index (χ2v) is 5.67. The van der Waals surface area contributed by atoms with Gasteiger partial charge in [0.25, 0.3) is 0 Å². The standard InChI is InChI=1S/C13H23N3O4/c1-15-5-6-16(2)9(8-15)7-14-12(17)10-3-4-11(20-10)13(18)19/h9-11H,3-8H2,1-2H3,(H,14,17)(H,18,19). The van der Waals surface area contributed by atoms with E-state index in [2.05, 4.69) is 29.2 Å². The lowest BCUT2D eigenvalue weighted by atomic mass is 10.1. The highest BCUT2D eigenvalue weighted by atomic mass is 16.5. The van der Waals surface area contributed by atoms with Gasteiger partial charge in [0.15, 0.2) is 6.10 Å². The summed E-state index contributed by atoms with van der Waals surface area (Å²) in [6, 6.07) is 0.286. The minimum Gasteiger partial charge on any atom is -0.479 e. The average Bonchev–Trinajstić information content (AvgIpc) is 2.89. The van der Waals surface area contributed by atoms with Crippen molar-refractivity contribution in [3.63, 3.8) is 0 Å². The Kier molecular flexibility index (Phi) is 4.95. The maximum Gasteiger partial charge on any atom is 0.332 e. The van der Waals surface area contributed by atoms with Gasteiger partial charge >= 0.3 is 5.97 Å². The van der Waals surface area contributed by atoms with Crippen LogP contribution < -0.4 is 5.32 Å². The van der Waals surface area contributed by atoms with E-state index in [9.17, 15) is 9.59 Å². The lowest BCUT2D eigenvalue weighted by Crippen LogP contribution is -2.55. The van der Waals surface area contributed by atoms with Crippen LogP contribution in [-0.2, 0) is 14.3 Å². The Morgan fingerprint density at radius 1 is 1.25 bits per heavy atom. The number of carbonyl (C=O) groups is 2. The summed E-state index contributed by atoms with van der Waals surface area (Å²) >= 11 is 0. The molecule has 1 amide bonds. The molecule has 2 rings (SSSR count). The number of carboxylic acid groups (broad SMARTS) is 1. The van der Waals surface area contributed by atoms with Crippen LogP contribution in [-0.4, -0.2) is 85.3 Å². The fourth-order valence-corrected chi connectivity index (χ4v) is 2.67. The lowest BCUT2D eigenvalue weighted by Gasteiger charge is -2.37. The second-order valence-electron chi connectivity index (χ2n) is 5.67. The van der Waals surface area contributed by atoms with E-state index in [0.717, 1.165) is 19.6 Å². The Morgan fingerprint density at radius 3 is 2.60 bits per heavy atom. The number of rotatable bonds is 4. The third-order valence-corrected chi connectivity index (χ3v) is 4.08. The van der Waals surface area contributed by atoms with Crippen LogP contribution in [0.15, 0.2) is 0 Å². The number of nitrogens with one attached hydrogen (secondary N) is 1. The Morgan fingerprint density at radius 2 is 1.95 bits per heavy atom. The molecule has 0 aromatic carbocycles. The van der Waals surface area contributed by atoms with Gasteiger partial charge in [-0.05, 0) is 26.9 Å². The van der Waals surface area contributed by atoms with E-state index < -0.39 is 18.2 Å². The molecule has 2 aliphatic heterocycles. The minimum atomic E-state index is -0.992. The zero-order valence-electron chi connectivity index (χ0n) is 12.0. The van der Waals surface area contributed by atoms with Crippen LogP contribution >= 0.6 is 0 Å². The second kappa shape index (κ2) is 6.51. The van der Waals surface area contributed by atoms with Crippen molar-refractivity contribution in [3.05, 3.63) is 0 Å². The van der Waals surface area contributed by atoms with Crippen molar-refractivity contribution in [2.45, 2.75) is 31.1 Å². The molecule has 0 aromatic heterocycles. The van der Waals surface area contributed by atoms with Gasteiger partial charge in [0.1, 0.15) is 6.10 Å². The normalized spacial score (nSPS) is 32.2. The molecule has 3 unspecified atom stereocenters. The molecule has 7 nitrogen and oxygen atoms in total. The highest BCUT2D eigenvalue weighted by molar-refractivity contribution is 5.82. The number of nitrogens with zero attached hydrogens (tertiary/aromatic N) is 2. The molecule has 2 N–H and O–H groups in total. The monoisotopic (exact) mass is 285 g/mol. The molecule has 0 radical (unpaired) electrons. The number of piperazine rings is 1. The summed E-state index contributed by atoms with van der Waals surface area (Å²) < 4.78 is 5.24. The van der Waals surface area contributed by atoms with Crippen molar-refractivity contribution in [1.29, 1.82) is 0 Å². The van der Waals surface area contributed by atoms with Crippen molar-refractivity contribution < 1.29 is 19.4 Å². The molecule has 2 fully saturated rings. The topological polar surface area (TPSA) is 82.1 Å². The number of hydrogen-bond donors (Lipinski definition) is 2. The minimum absolute atomic E-state index is 0.199. The van der Waals surface area contributed by atoms with Crippen molar-refractivity contribution >= 4 is 11.9 Å². The molecule has 0 aliphatic carbocycles. The third kappa shape index (κ3) is 3.68. The molecule has 7 heteroatoms. The van der Waals surface area contributed by atoms with E-state index in [1.807, 2.05) is 0 Å². The van der Waals surface area contributed by atoms with Crippen LogP contribution in [0.1, 0.15) is 12.8 Å². The van der Waals surface area contributed by atoms with Crippen LogP contribution in [0.25, 0.3) is 0 Å². The summed E-state index contributed by atoms with van der Waals surface area (Å²) in [6.07, 6.45) is -0.583. The molecular weight excluding hydrogens is 262 g/mol. The number of carboxylic acids is 1. The van der Waals surface area contributed by atoms with Gasteiger partial charge in [-0.15, -0.1) is 0 Å². The Bertz CT molecular complexity index is 377. The lowest BCUT2D eigenvalue weighted by molar-refractivity contribution is -0.151. The van der Waals surface area contributed by atoms with Crippen LogP contribution in [0.2, 0.25) is 0 Å². The molecule has 2 saturated heterocycles. The fourth-order valence-electron chi connectivity index (χ4n) is 2.67. The van der Waals surface area contributed by atoms with Crippen LogP contribution in [0.5, 0.6) is 0 Å². The van der Waals surface area contributed by atoms with Crippen molar-refractivity contribution in [1.82, 2.24) is 15.1 Å². The summed E-state index contributed by atoms with van der Waals surface area (Å²) in [7, 11) is 4.12. The Balaban J connectivity index is 1.76. The first-order valence-corrected chi connectivity index (χ1v) is 7.02. The molecule has 2 heterocycles. The molecule has 114 valence electrons. The molecule has 0 saturated carbocycles. The van der Waals surface area contributed by atoms with E-state index >= 15 is 0 Å². The van der Waals surface area contributed by atoms with Crippen LogP contribution in [0, 0.1) is 0 Å². The van der Waals surface area contributed by atoms with E-state index in [1.54, 1.807) is 0 Å². The highest BCUT2D eigenvalue weighted by Gasteiger charge is 2.35. The molecule has 0 bridgehead atoms. The van der Waals surface area contributed by atoms with E-state index in [1.165, 1.54) is 0 Å². The van der Waals surface area contributed by atoms with Crippen molar-refractivity contribution in [3.8, 4) is 0 Å². The van der Waals surface area contributed by atoms with Gasteiger partial charge in [0.05, 0.1) is 0 Å². The predicted molar refractivity (Wildman–Crippen MR) is 72.5 cm³/mol. The van der Waals surface area contributed by atoms with Crippen molar-refractivity contribution in [2.75, 3.05) is 40.3 Å². The maximum atomic E-state index is 12.0. The number of likely N-dealkylation sites (N-methyl/N-ethyl adjacent to an activating group) is 2. The highest BCUT2D eigenvalue weighted by Crippen LogP contribution is 2.20. The number of hydrogen-bond acceptors (Lipinski definition) is 5. The first kappa shape index (κ1) is 15.2. The number of amides is 1. The molecule has 0 spiro atoms. The van der Waals surface area contributed by atoms with E-state index in [4.69, 9.17) is 9.84 Å². The van der Waals surface area contributed by atoms with Crippen LogP contribution in [0.3, 0.4) is 0 Å². The fraction of sp³-hybridized carbons (Fsp3) is 0.846. The van der Waals surface area contributed by atoms with E-state index in [-0.39, 0.29) is 11.9 Å². The number of ether oxygens (including phenoxy) is 1. The average molecular weight is 285 g/mol. The predicted octanol–water partition coefficient (Wildman–Crippen LogP) is -1.02. The summed E-state index contributed by atoms with van der Waals surface area (Å²) in [5.41, 5.74) is 0. The van der Waals surface area contributed by atoms with Crippen molar-refractivity contribution in [2.24, 2.45) is 0 Å². The zero-order chi connectivity index (χ0) is 14.7. The van der Waals surface area contributed by atoms with Gasteiger partial charge < -0.3 is 20.1 Å². The number of aliphatic carboxylic acids is 1. The largest absolute Gasteiger partial charge is 0.479 e. The number of carbonyl (C=O) groups excluding carboxylic acids is 1. The summed E-state index contributed by atoms with van der Waals surface area (Å²) in [5.74, 6) is -1.19. The van der Waals surface area contributed by atoms with Gasteiger partial charge in [-0.3, -0.25) is 9.69 Å². The summed E-state index contributed by atoms with van der Waals surface area (Å²) in [5, 5.41) is 11.7. The van der Waals surface area contributed by atoms with Gasteiger partial charge in [0.2, 0.25) is 5.91 Å². The van der Waals surface area contributed by atoms with Gasteiger partial charge in [-0.25, -0.2) is 4.79 Å². The zero-order valence-corrected chi connectivity index (χ0v) is 12.0. The van der Waals surface area contributed by atoms with Gasteiger partial charge in [0, 0.05) is 32.2 Å².